The van der Waals surface area contributed by atoms with Gasteiger partial charge in [0.15, 0.2) is 0 Å². The van der Waals surface area contributed by atoms with Crippen LogP contribution in [0.3, 0.4) is 0 Å². The van der Waals surface area contributed by atoms with Crippen LogP contribution in [0.1, 0.15) is 36.6 Å². The summed E-state index contributed by atoms with van der Waals surface area (Å²) in [5, 5.41) is 4.56. The third kappa shape index (κ3) is 3.58. The fourth-order valence-corrected chi connectivity index (χ4v) is 3.00. The molecule has 0 amide bonds. The van der Waals surface area contributed by atoms with Crippen LogP contribution in [0, 0.1) is 6.92 Å². The van der Waals surface area contributed by atoms with Crippen molar-refractivity contribution in [3.05, 3.63) is 39.4 Å². The molecule has 0 saturated carbocycles. The largest absolute Gasteiger partial charge is 0.485 e. The second-order valence-corrected chi connectivity index (χ2v) is 5.76. The number of ether oxygens (including phenoxy) is 1. The number of pyridine rings is 1. The van der Waals surface area contributed by atoms with E-state index in [1.54, 1.807) is 0 Å². The Bertz CT molecular complexity index is 628. The summed E-state index contributed by atoms with van der Waals surface area (Å²) in [5.41, 5.74) is 3.79. The van der Waals surface area contributed by atoms with Gasteiger partial charge in [0.2, 0.25) is 0 Å². The normalized spacial score (nSPS) is 10.9. The maximum absolute atomic E-state index is 5.93. The fourth-order valence-electron chi connectivity index (χ4n) is 2.13. The Hall–Kier alpha value is -1.07. The van der Waals surface area contributed by atoms with Crippen molar-refractivity contribution in [2.45, 2.75) is 46.2 Å². The maximum Gasteiger partial charge on any atom is 0.142 e. The second kappa shape index (κ2) is 7.27. The van der Waals surface area contributed by atoms with Gasteiger partial charge in [0.05, 0.1) is 27.4 Å². The van der Waals surface area contributed by atoms with Gasteiger partial charge in [0.25, 0.3) is 0 Å². The minimum Gasteiger partial charge on any atom is -0.485 e. The van der Waals surface area contributed by atoms with E-state index in [4.69, 9.17) is 16.3 Å². The van der Waals surface area contributed by atoms with E-state index in [9.17, 15) is 0 Å². The van der Waals surface area contributed by atoms with Crippen LogP contribution in [0.15, 0.2) is 16.6 Å². The van der Waals surface area contributed by atoms with E-state index in [0.717, 1.165) is 46.0 Å². The van der Waals surface area contributed by atoms with E-state index in [0.29, 0.717) is 12.5 Å². The van der Waals surface area contributed by atoms with Crippen molar-refractivity contribution in [3.8, 4) is 5.75 Å². The minimum absolute atomic E-state index is 0.339. The lowest BCUT2D eigenvalue weighted by molar-refractivity contribution is 0.288. The van der Waals surface area contributed by atoms with Gasteiger partial charge in [-0.25, -0.2) is 0 Å². The number of halogens is 2. The van der Waals surface area contributed by atoms with E-state index in [2.05, 4.69) is 39.9 Å². The molecule has 4 nitrogen and oxygen atoms in total. The molecule has 114 valence electrons. The van der Waals surface area contributed by atoms with Gasteiger partial charge in [0.1, 0.15) is 12.4 Å². The lowest BCUT2D eigenvalue weighted by atomic mass is 10.3. The van der Waals surface area contributed by atoms with Crippen molar-refractivity contribution in [1.29, 1.82) is 0 Å². The number of hydrogen-bond acceptors (Lipinski definition) is 3. The number of rotatable bonds is 6. The topological polar surface area (TPSA) is 39.9 Å². The molecule has 0 atom stereocenters. The van der Waals surface area contributed by atoms with Gasteiger partial charge in [-0.15, -0.1) is 11.6 Å². The van der Waals surface area contributed by atoms with Gasteiger partial charge in [-0.3, -0.25) is 9.67 Å². The van der Waals surface area contributed by atoms with Crippen LogP contribution >= 0.6 is 27.5 Å². The van der Waals surface area contributed by atoms with E-state index in [-0.39, 0.29) is 0 Å². The molecule has 0 unspecified atom stereocenters. The van der Waals surface area contributed by atoms with Crippen molar-refractivity contribution in [1.82, 2.24) is 14.8 Å². The first-order valence-corrected chi connectivity index (χ1v) is 8.32. The standard InChI is InChI=1S/C15H19BrClN3O/c1-4-11-15(16)13(20(5-2)19-11)9-21-14-7-6-10(3)18-12(14)8-17/h6-7H,4-5,8-9H2,1-3H3. The molecule has 0 radical (unpaired) electrons. The summed E-state index contributed by atoms with van der Waals surface area (Å²) >= 11 is 9.55. The molecule has 6 heteroatoms. The van der Waals surface area contributed by atoms with Gasteiger partial charge in [-0.2, -0.15) is 5.10 Å². The molecule has 0 N–H and O–H groups in total. The van der Waals surface area contributed by atoms with E-state index >= 15 is 0 Å². The molecule has 2 rings (SSSR count). The molecule has 0 fully saturated rings. The van der Waals surface area contributed by atoms with Crippen LogP contribution in [0.25, 0.3) is 0 Å². The van der Waals surface area contributed by atoms with Crippen molar-refractivity contribution < 1.29 is 4.74 Å². The Labute approximate surface area is 138 Å². The van der Waals surface area contributed by atoms with Gasteiger partial charge < -0.3 is 4.74 Å². The molecule has 2 aromatic rings. The van der Waals surface area contributed by atoms with Crippen LogP contribution in [0.5, 0.6) is 5.75 Å². The fraction of sp³-hybridized carbons (Fsp3) is 0.467. The molecule has 0 bridgehead atoms. The Morgan fingerprint density at radius 3 is 2.67 bits per heavy atom. The summed E-state index contributed by atoms with van der Waals surface area (Å²) < 4.78 is 8.90. The molecule has 0 aliphatic carbocycles. The number of aromatic nitrogens is 3. The second-order valence-electron chi connectivity index (χ2n) is 4.70. The number of hydrogen-bond donors (Lipinski definition) is 0. The van der Waals surface area contributed by atoms with Crippen molar-refractivity contribution in [3.63, 3.8) is 0 Å². The third-order valence-corrected chi connectivity index (χ3v) is 4.43. The highest BCUT2D eigenvalue weighted by Gasteiger charge is 2.15. The van der Waals surface area contributed by atoms with E-state index in [1.165, 1.54) is 0 Å². The lowest BCUT2D eigenvalue weighted by Gasteiger charge is -2.11. The zero-order valence-electron chi connectivity index (χ0n) is 12.5. The summed E-state index contributed by atoms with van der Waals surface area (Å²) in [6.07, 6.45) is 0.888. The first-order valence-electron chi connectivity index (χ1n) is 7.00. The number of aryl methyl sites for hydroxylation is 3. The van der Waals surface area contributed by atoms with Gasteiger partial charge in [-0.05, 0) is 48.3 Å². The summed E-state index contributed by atoms with van der Waals surface area (Å²) in [6, 6.07) is 3.84. The van der Waals surface area contributed by atoms with Crippen LogP contribution in [0.4, 0.5) is 0 Å². The molecular weight excluding hydrogens is 354 g/mol. The van der Waals surface area contributed by atoms with Gasteiger partial charge >= 0.3 is 0 Å². The predicted molar refractivity (Wildman–Crippen MR) is 87.8 cm³/mol. The molecule has 2 aromatic heterocycles. The quantitative estimate of drug-likeness (QED) is 0.712. The number of alkyl halides is 1. The Morgan fingerprint density at radius 2 is 2.05 bits per heavy atom. The average Bonchev–Trinajstić information content (AvgIpc) is 2.81. The molecule has 0 aliphatic rings. The Kier molecular flexibility index (Phi) is 5.65. The summed E-state index contributed by atoms with van der Waals surface area (Å²) in [7, 11) is 0. The Morgan fingerprint density at radius 1 is 1.29 bits per heavy atom. The van der Waals surface area contributed by atoms with Crippen LogP contribution in [0.2, 0.25) is 0 Å². The average molecular weight is 373 g/mol. The summed E-state index contributed by atoms with van der Waals surface area (Å²) in [5.74, 6) is 1.07. The van der Waals surface area contributed by atoms with Crippen LogP contribution in [-0.4, -0.2) is 14.8 Å². The highest BCUT2D eigenvalue weighted by Crippen LogP contribution is 2.25. The smallest absolute Gasteiger partial charge is 0.142 e. The zero-order valence-corrected chi connectivity index (χ0v) is 14.8. The molecule has 21 heavy (non-hydrogen) atoms. The third-order valence-electron chi connectivity index (χ3n) is 3.26. The maximum atomic E-state index is 5.93. The summed E-state index contributed by atoms with van der Waals surface area (Å²) in [4.78, 5) is 4.40. The van der Waals surface area contributed by atoms with Crippen LogP contribution < -0.4 is 4.74 Å². The Balaban J connectivity index is 2.22. The van der Waals surface area contributed by atoms with Gasteiger partial charge in [-0.1, -0.05) is 6.92 Å². The molecule has 0 aromatic carbocycles. The SMILES string of the molecule is CCc1nn(CC)c(COc2ccc(C)nc2CCl)c1Br. The van der Waals surface area contributed by atoms with Gasteiger partial charge in [0, 0.05) is 12.2 Å². The number of nitrogens with zero attached hydrogens (tertiary/aromatic N) is 3. The molecular formula is C15H19BrClN3O. The first-order chi connectivity index (χ1) is 10.1. The molecule has 0 aliphatic heterocycles. The van der Waals surface area contributed by atoms with Crippen LogP contribution in [-0.2, 0) is 25.5 Å². The lowest BCUT2D eigenvalue weighted by Crippen LogP contribution is -2.08. The monoisotopic (exact) mass is 371 g/mol. The highest BCUT2D eigenvalue weighted by molar-refractivity contribution is 9.10. The van der Waals surface area contributed by atoms with Crippen molar-refractivity contribution >= 4 is 27.5 Å². The van der Waals surface area contributed by atoms with Crippen molar-refractivity contribution in [2.75, 3.05) is 0 Å². The predicted octanol–water partition coefficient (Wildman–Crippen LogP) is 4.25. The molecule has 0 saturated heterocycles. The molecule has 2 heterocycles. The highest BCUT2D eigenvalue weighted by atomic mass is 79.9. The summed E-state index contributed by atoms with van der Waals surface area (Å²) in [6.45, 7) is 7.35. The first kappa shape index (κ1) is 16.3. The molecule has 0 spiro atoms. The minimum atomic E-state index is 0.339. The van der Waals surface area contributed by atoms with E-state index in [1.807, 2.05) is 23.7 Å². The van der Waals surface area contributed by atoms with E-state index < -0.39 is 0 Å². The van der Waals surface area contributed by atoms with Crippen molar-refractivity contribution in [2.24, 2.45) is 0 Å². The zero-order chi connectivity index (χ0) is 15.4.